The number of ether oxygens (including phenoxy) is 2. The minimum atomic E-state index is -0.570. The first-order valence-electron chi connectivity index (χ1n) is 10.2. The highest BCUT2D eigenvalue weighted by Gasteiger charge is 2.11. The van der Waals surface area contributed by atoms with E-state index in [0.29, 0.717) is 28.3 Å². The SMILES string of the molecule is CN(C)C(=O)COc1ccc(NC(=O)c2cccc(COc3ccccc3C(N)=O)c2)cc1. The number of primary amides is 1. The molecule has 3 aromatic rings. The zero-order valence-electron chi connectivity index (χ0n) is 18.4. The van der Waals surface area contributed by atoms with Crippen LogP contribution in [0.15, 0.2) is 72.8 Å². The molecule has 33 heavy (non-hydrogen) atoms. The van der Waals surface area contributed by atoms with E-state index in [1.54, 1.807) is 80.8 Å². The van der Waals surface area contributed by atoms with Gasteiger partial charge in [0, 0.05) is 25.3 Å². The highest BCUT2D eigenvalue weighted by atomic mass is 16.5. The molecule has 3 rings (SSSR count). The van der Waals surface area contributed by atoms with Gasteiger partial charge in [-0.05, 0) is 54.1 Å². The topological polar surface area (TPSA) is 111 Å². The van der Waals surface area contributed by atoms with Gasteiger partial charge >= 0.3 is 0 Å². The molecule has 0 spiro atoms. The first kappa shape index (κ1) is 23.3. The van der Waals surface area contributed by atoms with Crippen LogP contribution in [-0.2, 0) is 11.4 Å². The lowest BCUT2D eigenvalue weighted by atomic mass is 10.1. The Bertz CT molecular complexity index is 1140. The number of nitrogens with zero attached hydrogens (tertiary/aromatic N) is 1. The molecule has 0 unspecified atom stereocenters. The average Bonchev–Trinajstić information content (AvgIpc) is 2.82. The fraction of sp³-hybridized carbons (Fsp3) is 0.160. The van der Waals surface area contributed by atoms with E-state index in [1.165, 1.54) is 4.90 Å². The Hall–Kier alpha value is -4.33. The Morgan fingerprint density at radius 2 is 1.64 bits per heavy atom. The van der Waals surface area contributed by atoms with E-state index in [2.05, 4.69) is 5.32 Å². The van der Waals surface area contributed by atoms with Crippen LogP contribution < -0.4 is 20.5 Å². The molecular formula is C25H25N3O5. The second-order valence-electron chi connectivity index (χ2n) is 7.40. The monoisotopic (exact) mass is 447 g/mol. The van der Waals surface area contributed by atoms with Crippen molar-refractivity contribution >= 4 is 23.4 Å². The summed E-state index contributed by atoms with van der Waals surface area (Å²) in [6.45, 7) is 0.112. The third-order valence-electron chi connectivity index (χ3n) is 4.71. The fourth-order valence-corrected chi connectivity index (χ4v) is 2.87. The van der Waals surface area contributed by atoms with E-state index in [1.807, 2.05) is 6.07 Å². The normalized spacial score (nSPS) is 10.2. The highest BCUT2D eigenvalue weighted by molar-refractivity contribution is 6.04. The van der Waals surface area contributed by atoms with Gasteiger partial charge in [0.15, 0.2) is 6.61 Å². The summed E-state index contributed by atoms with van der Waals surface area (Å²) in [5.74, 6) is -0.0901. The molecule has 0 saturated heterocycles. The van der Waals surface area contributed by atoms with Crippen LogP contribution in [0.3, 0.4) is 0 Å². The van der Waals surface area contributed by atoms with Crippen LogP contribution >= 0.6 is 0 Å². The number of nitrogens with one attached hydrogen (secondary N) is 1. The minimum Gasteiger partial charge on any atom is -0.488 e. The van der Waals surface area contributed by atoms with E-state index in [0.717, 1.165) is 5.56 Å². The number of carbonyl (C=O) groups is 3. The highest BCUT2D eigenvalue weighted by Crippen LogP contribution is 2.20. The van der Waals surface area contributed by atoms with Gasteiger partial charge in [0.05, 0.1) is 5.56 Å². The van der Waals surface area contributed by atoms with Crippen molar-refractivity contribution in [3.05, 3.63) is 89.5 Å². The number of para-hydroxylation sites is 1. The van der Waals surface area contributed by atoms with Crippen molar-refractivity contribution in [3.8, 4) is 11.5 Å². The van der Waals surface area contributed by atoms with E-state index in [4.69, 9.17) is 15.2 Å². The molecule has 8 heteroatoms. The largest absolute Gasteiger partial charge is 0.488 e. The lowest BCUT2D eigenvalue weighted by Crippen LogP contribution is -2.27. The molecule has 0 radical (unpaired) electrons. The summed E-state index contributed by atoms with van der Waals surface area (Å²) < 4.78 is 11.2. The summed E-state index contributed by atoms with van der Waals surface area (Å²) in [6.07, 6.45) is 0. The van der Waals surface area contributed by atoms with Gasteiger partial charge in [0.2, 0.25) is 0 Å². The molecule has 0 heterocycles. The molecule has 0 aliphatic heterocycles. The Morgan fingerprint density at radius 3 is 2.33 bits per heavy atom. The summed E-state index contributed by atoms with van der Waals surface area (Å²) >= 11 is 0. The standard InChI is InChI=1S/C25H25N3O5/c1-28(2)23(29)16-32-20-12-10-19(11-13-20)27-25(31)18-7-5-6-17(14-18)15-33-22-9-4-3-8-21(22)24(26)30/h3-14H,15-16H2,1-2H3,(H2,26,30)(H,27,31). The van der Waals surface area contributed by atoms with E-state index in [-0.39, 0.29) is 25.0 Å². The van der Waals surface area contributed by atoms with Crippen LogP contribution in [0.5, 0.6) is 11.5 Å². The molecule has 0 fully saturated rings. The second kappa shape index (κ2) is 10.8. The first-order chi connectivity index (χ1) is 15.8. The number of amides is 3. The zero-order chi connectivity index (χ0) is 23.8. The molecule has 0 aliphatic carbocycles. The number of anilines is 1. The predicted octanol–water partition coefficient (Wildman–Crippen LogP) is 3.08. The van der Waals surface area contributed by atoms with Crippen LogP contribution in [0.25, 0.3) is 0 Å². The third-order valence-corrected chi connectivity index (χ3v) is 4.71. The van der Waals surface area contributed by atoms with E-state index >= 15 is 0 Å². The Labute approximate surface area is 191 Å². The van der Waals surface area contributed by atoms with E-state index < -0.39 is 5.91 Å². The maximum Gasteiger partial charge on any atom is 0.259 e. The minimum absolute atomic E-state index is 0.0581. The summed E-state index contributed by atoms with van der Waals surface area (Å²) in [7, 11) is 3.32. The molecule has 8 nitrogen and oxygen atoms in total. The van der Waals surface area contributed by atoms with Crippen LogP contribution in [0.2, 0.25) is 0 Å². The summed E-state index contributed by atoms with van der Waals surface area (Å²) in [5.41, 5.74) is 7.47. The molecule has 3 amide bonds. The van der Waals surface area contributed by atoms with Gasteiger partial charge in [-0.1, -0.05) is 24.3 Å². The van der Waals surface area contributed by atoms with Gasteiger partial charge in [-0.2, -0.15) is 0 Å². The van der Waals surface area contributed by atoms with Gasteiger partial charge in [-0.3, -0.25) is 14.4 Å². The Morgan fingerprint density at radius 1 is 0.909 bits per heavy atom. The smallest absolute Gasteiger partial charge is 0.259 e. The summed E-state index contributed by atoms with van der Waals surface area (Å²) in [4.78, 5) is 37.2. The number of likely N-dealkylation sites (N-methyl/N-ethyl adjacent to an activating group) is 1. The molecule has 3 aromatic carbocycles. The van der Waals surface area contributed by atoms with Crippen LogP contribution in [-0.4, -0.2) is 43.3 Å². The molecule has 170 valence electrons. The molecule has 3 N–H and O–H groups in total. The van der Waals surface area contributed by atoms with Crippen LogP contribution in [0.1, 0.15) is 26.3 Å². The van der Waals surface area contributed by atoms with Crippen molar-refractivity contribution in [2.45, 2.75) is 6.61 Å². The number of carbonyl (C=O) groups excluding carboxylic acids is 3. The summed E-state index contributed by atoms with van der Waals surface area (Å²) in [6, 6.07) is 20.5. The van der Waals surface area contributed by atoms with E-state index in [9.17, 15) is 14.4 Å². The van der Waals surface area contributed by atoms with Crippen molar-refractivity contribution in [1.29, 1.82) is 0 Å². The molecule has 0 aliphatic rings. The summed E-state index contributed by atoms with van der Waals surface area (Å²) in [5, 5.41) is 2.82. The predicted molar refractivity (Wildman–Crippen MR) is 124 cm³/mol. The molecule has 0 aromatic heterocycles. The van der Waals surface area contributed by atoms with Gasteiger partial charge in [0.25, 0.3) is 17.7 Å². The Kier molecular flexibility index (Phi) is 7.64. The van der Waals surface area contributed by atoms with Crippen molar-refractivity contribution in [2.75, 3.05) is 26.0 Å². The Balaban J connectivity index is 1.59. The fourth-order valence-electron chi connectivity index (χ4n) is 2.87. The van der Waals surface area contributed by atoms with Crippen LogP contribution in [0, 0.1) is 0 Å². The van der Waals surface area contributed by atoms with Gasteiger partial charge < -0.3 is 25.4 Å². The van der Waals surface area contributed by atoms with Crippen molar-refractivity contribution in [1.82, 2.24) is 4.90 Å². The van der Waals surface area contributed by atoms with Gasteiger partial charge in [-0.25, -0.2) is 0 Å². The molecular weight excluding hydrogens is 422 g/mol. The first-order valence-corrected chi connectivity index (χ1v) is 10.2. The lowest BCUT2D eigenvalue weighted by Gasteiger charge is -2.12. The molecule has 0 bridgehead atoms. The maximum atomic E-state index is 12.7. The van der Waals surface area contributed by atoms with Gasteiger partial charge in [-0.15, -0.1) is 0 Å². The van der Waals surface area contributed by atoms with Crippen LogP contribution in [0.4, 0.5) is 5.69 Å². The third kappa shape index (κ3) is 6.57. The zero-order valence-corrected chi connectivity index (χ0v) is 18.4. The van der Waals surface area contributed by atoms with Gasteiger partial charge in [0.1, 0.15) is 18.1 Å². The number of benzene rings is 3. The lowest BCUT2D eigenvalue weighted by molar-refractivity contribution is -0.130. The number of nitrogens with two attached hydrogens (primary N) is 1. The second-order valence-corrected chi connectivity index (χ2v) is 7.40. The maximum absolute atomic E-state index is 12.7. The van der Waals surface area contributed by atoms with Crippen molar-refractivity contribution < 1.29 is 23.9 Å². The number of hydrogen-bond donors (Lipinski definition) is 2. The molecule has 0 saturated carbocycles. The average molecular weight is 447 g/mol. The number of rotatable bonds is 9. The number of hydrogen-bond acceptors (Lipinski definition) is 5. The molecule has 0 atom stereocenters. The quantitative estimate of drug-likeness (QED) is 0.524. The van der Waals surface area contributed by atoms with Crippen molar-refractivity contribution in [2.24, 2.45) is 5.73 Å². The van der Waals surface area contributed by atoms with Crippen molar-refractivity contribution in [3.63, 3.8) is 0 Å².